The zero-order chi connectivity index (χ0) is 19.7. The van der Waals surface area contributed by atoms with Crippen molar-refractivity contribution in [2.45, 2.75) is 25.9 Å². The molecule has 1 aliphatic rings. The SMILES string of the molecule is Cc1ccc2ncc(C(=O)N3CCC(C(O)c4ccccc4)CC3)c(=O)n2c1. The maximum absolute atomic E-state index is 12.9. The second kappa shape index (κ2) is 7.56. The number of aliphatic hydroxyl groups excluding tert-OH is 1. The van der Waals surface area contributed by atoms with Gasteiger partial charge >= 0.3 is 0 Å². The quantitative estimate of drug-likeness (QED) is 0.761. The number of carbonyl (C=O) groups excluding carboxylic acids is 1. The van der Waals surface area contributed by atoms with Crippen molar-refractivity contribution in [1.29, 1.82) is 0 Å². The van der Waals surface area contributed by atoms with Gasteiger partial charge in [0, 0.05) is 25.5 Å². The molecule has 1 N–H and O–H groups in total. The van der Waals surface area contributed by atoms with E-state index in [1.165, 1.54) is 10.6 Å². The molecule has 3 heterocycles. The summed E-state index contributed by atoms with van der Waals surface area (Å²) >= 11 is 0. The Balaban J connectivity index is 1.49. The lowest BCUT2D eigenvalue weighted by molar-refractivity contribution is 0.0461. The maximum Gasteiger partial charge on any atom is 0.270 e. The predicted molar refractivity (Wildman–Crippen MR) is 106 cm³/mol. The van der Waals surface area contributed by atoms with Crippen LogP contribution in [0.15, 0.2) is 59.7 Å². The Hall–Kier alpha value is -2.99. The second-order valence-electron chi connectivity index (χ2n) is 7.40. The summed E-state index contributed by atoms with van der Waals surface area (Å²) in [5.74, 6) is -0.189. The highest BCUT2D eigenvalue weighted by atomic mass is 16.3. The van der Waals surface area contributed by atoms with Gasteiger partial charge < -0.3 is 10.0 Å². The summed E-state index contributed by atoms with van der Waals surface area (Å²) in [4.78, 5) is 31.6. The molecule has 0 aliphatic carbocycles. The van der Waals surface area contributed by atoms with E-state index in [2.05, 4.69) is 4.98 Å². The lowest BCUT2D eigenvalue weighted by atomic mass is 9.87. The molecule has 0 radical (unpaired) electrons. The lowest BCUT2D eigenvalue weighted by Crippen LogP contribution is -2.42. The Bertz CT molecular complexity index is 1050. The van der Waals surface area contributed by atoms with E-state index in [4.69, 9.17) is 0 Å². The number of aryl methyl sites for hydroxylation is 1. The molecule has 0 saturated carbocycles. The van der Waals surface area contributed by atoms with E-state index in [-0.39, 0.29) is 22.9 Å². The maximum atomic E-state index is 12.9. The first-order valence-electron chi connectivity index (χ1n) is 9.55. The van der Waals surface area contributed by atoms with Gasteiger partial charge in [-0.2, -0.15) is 0 Å². The third-order valence-electron chi connectivity index (χ3n) is 5.49. The molecule has 1 saturated heterocycles. The van der Waals surface area contributed by atoms with Gasteiger partial charge in [0.2, 0.25) is 0 Å². The third-order valence-corrected chi connectivity index (χ3v) is 5.49. The smallest absolute Gasteiger partial charge is 0.270 e. The first kappa shape index (κ1) is 18.4. The normalized spacial score (nSPS) is 16.3. The Labute approximate surface area is 163 Å². The molecule has 1 unspecified atom stereocenters. The van der Waals surface area contributed by atoms with Gasteiger partial charge in [-0.1, -0.05) is 36.4 Å². The van der Waals surface area contributed by atoms with Crippen LogP contribution in [0.2, 0.25) is 0 Å². The fourth-order valence-electron chi connectivity index (χ4n) is 3.84. The van der Waals surface area contributed by atoms with Crippen molar-refractivity contribution in [3.63, 3.8) is 0 Å². The Morgan fingerprint density at radius 1 is 1.14 bits per heavy atom. The van der Waals surface area contributed by atoms with Crippen molar-refractivity contribution in [3.05, 3.63) is 81.9 Å². The van der Waals surface area contributed by atoms with Crippen LogP contribution >= 0.6 is 0 Å². The molecular formula is C22H23N3O3. The summed E-state index contributed by atoms with van der Waals surface area (Å²) in [5, 5.41) is 10.6. The van der Waals surface area contributed by atoms with Crippen molar-refractivity contribution in [1.82, 2.24) is 14.3 Å². The fourth-order valence-corrected chi connectivity index (χ4v) is 3.84. The number of fused-ring (bicyclic) bond motifs is 1. The number of piperidine rings is 1. The first-order valence-corrected chi connectivity index (χ1v) is 9.55. The van der Waals surface area contributed by atoms with Gasteiger partial charge in [0.25, 0.3) is 11.5 Å². The lowest BCUT2D eigenvalue weighted by Gasteiger charge is -2.34. The molecule has 2 aromatic heterocycles. The fraction of sp³-hybridized carbons (Fsp3) is 0.318. The van der Waals surface area contributed by atoms with Crippen molar-refractivity contribution in [3.8, 4) is 0 Å². The summed E-state index contributed by atoms with van der Waals surface area (Å²) in [6.07, 6.45) is 3.94. The van der Waals surface area contributed by atoms with Gasteiger partial charge in [-0.25, -0.2) is 4.98 Å². The van der Waals surface area contributed by atoms with Crippen LogP contribution in [-0.2, 0) is 0 Å². The summed E-state index contributed by atoms with van der Waals surface area (Å²) in [6, 6.07) is 13.2. The van der Waals surface area contributed by atoms with Crippen molar-refractivity contribution in [2.24, 2.45) is 5.92 Å². The second-order valence-corrected chi connectivity index (χ2v) is 7.40. The van der Waals surface area contributed by atoms with Gasteiger partial charge in [0.15, 0.2) is 0 Å². The molecule has 28 heavy (non-hydrogen) atoms. The molecular weight excluding hydrogens is 354 g/mol. The first-order chi connectivity index (χ1) is 13.5. The van der Waals surface area contributed by atoms with Crippen LogP contribution in [0, 0.1) is 12.8 Å². The van der Waals surface area contributed by atoms with E-state index >= 15 is 0 Å². The molecule has 0 spiro atoms. The predicted octanol–water partition coefficient (Wildman–Crippen LogP) is 2.59. The molecule has 144 valence electrons. The molecule has 1 fully saturated rings. The molecule has 6 heteroatoms. The van der Waals surface area contributed by atoms with Crippen LogP contribution in [0.25, 0.3) is 5.65 Å². The van der Waals surface area contributed by atoms with Gasteiger partial charge in [0.1, 0.15) is 11.2 Å². The Morgan fingerprint density at radius 3 is 2.57 bits per heavy atom. The van der Waals surface area contributed by atoms with E-state index in [1.54, 1.807) is 17.2 Å². The number of nitrogens with zero attached hydrogens (tertiary/aromatic N) is 3. The standard InChI is InChI=1S/C22H23N3O3/c1-15-7-8-19-23-13-18(22(28)25(19)14-15)21(27)24-11-9-17(10-12-24)20(26)16-5-3-2-4-6-16/h2-8,13-14,17,20,26H,9-12H2,1H3. The zero-order valence-corrected chi connectivity index (χ0v) is 15.8. The molecule has 1 amide bonds. The van der Waals surface area contributed by atoms with Crippen molar-refractivity contribution in [2.75, 3.05) is 13.1 Å². The summed E-state index contributed by atoms with van der Waals surface area (Å²) in [7, 11) is 0. The summed E-state index contributed by atoms with van der Waals surface area (Å²) in [5.41, 5.74) is 2.10. The number of aliphatic hydroxyl groups is 1. The van der Waals surface area contributed by atoms with Crippen molar-refractivity contribution < 1.29 is 9.90 Å². The number of rotatable bonds is 3. The van der Waals surface area contributed by atoms with Gasteiger partial charge in [-0.05, 0) is 42.9 Å². The van der Waals surface area contributed by atoms with Crippen LogP contribution < -0.4 is 5.56 Å². The van der Waals surface area contributed by atoms with Crippen LogP contribution in [0.5, 0.6) is 0 Å². The Kier molecular flexibility index (Phi) is 4.96. The van der Waals surface area contributed by atoms with Crippen molar-refractivity contribution >= 4 is 11.6 Å². The van der Waals surface area contributed by atoms with Crippen LogP contribution in [0.4, 0.5) is 0 Å². The number of likely N-dealkylation sites (tertiary alicyclic amines) is 1. The average molecular weight is 377 g/mol. The average Bonchev–Trinajstić information content (AvgIpc) is 2.74. The van der Waals surface area contributed by atoms with Gasteiger partial charge in [-0.15, -0.1) is 0 Å². The minimum atomic E-state index is -0.533. The zero-order valence-electron chi connectivity index (χ0n) is 15.8. The van der Waals surface area contributed by atoms with Gasteiger partial charge in [-0.3, -0.25) is 14.0 Å². The minimum Gasteiger partial charge on any atom is -0.388 e. The number of carbonyl (C=O) groups is 1. The summed E-state index contributed by atoms with van der Waals surface area (Å²) in [6.45, 7) is 2.93. The third kappa shape index (κ3) is 3.43. The van der Waals surface area contributed by atoms with E-state index in [0.717, 1.165) is 11.1 Å². The number of aromatic nitrogens is 2. The van der Waals surface area contributed by atoms with Crippen LogP contribution in [0.3, 0.4) is 0 Å². The molecule has 1 atom stereocenters. The molecule has 1 aromatic carbocycles. The highest BCUT2D eigenvalue weighted by Crippen LogP contribution is 2.30. The highest BCUT2D eigenvalue weighted by molar-refractivity contribution is 5.93. The molecule has 1 aliphatic heterocycles. The minimum absolute atomic E-state index is 0.0881. The van der Waals surface area contributed by atoms with E-state index < -0.39 is 6.10 Å². The van der Waals surface area contributed by atoms with E-state index in [0.29, 0.717) is 31.6 Å². The number of amides is 1. The van der Waals surface area contributed by atoms with Crippen LogP contribution in [0.1, 0.15) is 40.4 Å². The number of benzene rings is 1. The Morgan fingerprint density at radius 2 is 1.86 bits per heavy atom. The topological polar surface area (TPSA) is 74.9 Å². The number of hydrogen-bond donors (Lipinski definition) is 1. The molecule has 4 rings (SSSR count). The largest absolute Gasteiger partial charge is 0.388 e. The van der Waals surface area contributed by atoms with Gasteiger partial charge in [0.05, 0.1) is 6.10 Å². The number of pyridine rings is 1. The molecule has 6 nitrogen and oxygen atoms in total. The highest BCUT2D eigenvalue weighted by Gasteiger charge is 2.29. The summed E-state index contributed by atoms with van der Waals surface area (Å²) < 4.78 is 1.43. The monoisotopic (exact) mass is 377 g/mol. The van der Waals surface area contributed by atoms with E-state index in [1.807, 2.05) is 43.3 Å². The number of hydrogen-bond acceptors (Lipinski definition) is 4. The molecule has 0 bridgehead atoms. The molecule has 3 aromatic rings. The van der Waals surface area contributed by atoms with Crippen LogP contribution in [-0.4, -0.2) is 38.4 Å². The van der Waals surface area contributed by atoms with E-state index in [9.17, 15) is 14.7 Å².